The minimum atomic E-state index is -1.88. The van der Waals surface area contributed by atoms with Crippen molar-refractivity contribution in [1.82, 2.24) is 0 Å². The van der Waals surface area contributed by atoms with Crippen molar-refractivity contribution in [3.8, 4) is 0 Å². The van der Waals surface area contributed by atoms with Crippen LogP contribution in [0.15, 0.2) is 29.2 Å². The van der Waals surface area contributed by atoms with Crippen LogP contribution in [0, 0.1) is 6.92 Å². The average molecular weight is 316 g/mol. The summed E-state index contributed by atoms with van der Waals surface area (Å²) in [7, 11) is 3.53. The van der Waals surface area contributed by atoms with E-state index in [9.17, 15) is 8.76 Å². The predicted molar refractivity (Wildman–Crippen MR) is 76.1 cm³/mol. The van der Waals surface area contributed by atoms with Crippen molar-refractivity contribution in [2.24, 2.45) is 0 Å². The summed E-state index contributed by atoms with van der Waals surface area (Å²) in [6.45, 7) is 2.07. The van der Waals surface area contributed by atoms with Crippen molar-refractivity contribution in [2.45, 2.75) is 24.7 Å². The number of hydrogen-bond donors (Lipinski definition) is 0. The van der Waals surface area contributed by atoms with E-state index in [0.29, 0.717) is 0 Å². The van der Waals surface area contributed by atoms with E-state index in [1.165, 1.54) is 10.5 Å². The van der Waals surface area contributed by atoms with Gasteiger partial charge < -0.3 is 10.0 Å². The molecule has 0 spiro atoms. The second kappa shape index (κ2) is 13.0. The Kier molecular flexibility index (Phi) is 15.4. The van der Waals surface area contributed by atoms with Crippen LogP contribution in [0.3, 0.4) is 0 Å². The van der Waals surface area contributed by atoms with Gasteiger partial charge in [0.05, 0.1) is 0 Å². The fourth-order valence-corrected chi connectivity index (χ4v) is 3.66. The Balaban J connectivity index is 0. The standard InChI is InChI=1S/C11H16O2S3.Na.H2O/c1-10-4-6-11(7-5-10)15-14-8-2-3-9-16(12)13;;/h4-7H,2-3,8-9H2,1H3,(H,12,13);;1H2/q;+1;/p-1. The molecule has 0 aliphatic carbocycles. The van der Waals surface area contributed by atoms with Gasteiger partial charge in [0.15, 0.2) is 0 Å². The van der Waals surface area contributed by atoms with E-state index >= 15 is 0 Å². The zero-order valence-corrected chi connectivity index (χ0v) is 15.1. The van der Waals surface area contributed by atoms with Gasteiger partial charge >= 0.3 is 29.6 Å². The molecular weight excluding hydrogens is 299 g/mol. The van der Waals surface area contributed by atoms with E-state index in [1.807, 2.05) is 0 Å². The molecule has 0 heterocycles. The van der Waals surface area contributed by atoms with E-state index in [1.54, 1.807) is 21.6 Å². The Bertz CT molecular complexity index is 333. The van der Waals surface area contributed by atoms with Crippen LogP contribution in [0.2, 0.25) is 0 Å². The minimum absolute atomic E-state index is 0. The minimum Gasteiger partial charge on any atom is -0.772 e. The van der Waals surface area contributed by atoms with Gasteiger partial charge in [0.1, 0.15) is 0 Å². The van der Waals surface area contributed by atoms with Crippen LogP contribution in [-0.4, -0.2) is 25.7 Å². The molecule has 7 heteroatoms. The molecule has 0 fully saturated rings. The third kappa shape index (κ3) is 10.9. The molecule has 0 radical (unpaired) electrons. The normalized spacial score (nSPS) is 11.2. The predicted octanol–water partition coefficient (Wildman–Crippen LogP) is -0.426. The van der Waals surface area contributed by atoms with Gasteiger partial charge in [-0.1, -0.05) is 50.4 Å². The first-order chi connectivity index (χ1) is 7.68. The van der Waals surface area contributed by atoms with E-state index in [-0.39, 0.29) is 40.8 Å². The van der Waals surface area contributed by atoms with Crippen LogP contribution in [0.5, 0.6) is 0 Å². The van der Waals surface area contributed by atoms with Crippen LogP contribution in [0.4, 0.5) is 0 Å². The fourth-order valence-electron chi connectivity index (χ4n) is 1.08. The van der Waals surface area contributed by atoms with Gasteiger partial charge in [0, 0.05) is 16.4 Å². The molecule has 2 N–H and O–H groups in total. The molecule has 0 amide bonds. The van der Waals surface area contributed by atoms with Crippen LogP contribution in [0.1, 0.15) is 18.4 Å². The zero-order valence-electron chi connectivity index (χ0n) is 10.7. The molecule has 0 aliphatic rings. The summed E-state index contributed by atoms with van der Waals surface area (Å²) < 4.78 is 20.5. The summed E-state index contributed by atoms with van der Waals surface area (Å²) >= 11 is -1.88. The van der Waals surface area contributed by atoms with Gasteiger partial charge in [-0.05, 0) is 31.9 Å². The van der Waals surface area contributed by atoms with Gasteiger partial charge in [-0.25, -0.2) is 0 Å². The summed E-state index contributed by atoms with van der Waals surface area (Å²) in [5.41, 5.74) is 1.27. The Morgan fingerprint density at radius 2 is 1.83 bits per heavy atom. The Morgan fingerprint density at radius 1 is 1.22 bits per heavy atom. The third-order valence-electron chi connectivity index (χ3n) is 1.96. The van der Waals surface area contributed by atoms with Gasteiger partial charge in [-0.15, -0.1) is 0 Å². The fraction of sp³-hybridized carbons (Fsp3) is 0.455. The van der Waals surface area contributed by atoms with Crippen LogP contribution < -0.4 is 29.6 Å². The van der Waals surface area contributed by atoms with Gasteiger partial charge in [0.25, 0.3) is 0 Å². The number of benzene rings is 1. The van der Waals surface area contributed by atoms with Crippen molar-refractivity contribution in [2.75, 3.05) is 11.5 Å². The zero-order chi connectivity index (χ0) is 11.8. The largest absolute Gasteiger partial charge is 1.00 e. The second-order valence-corrected chi connectivity index (χ2v) is 6.94. The van der Waals surface area contributed by atoms with Crippen LogP contribution >= 0.6 is 21.6 Å². The Labute approximate surface area is 141 Å². The molecule has 0 aliphatic heterocycles. The summed E-state index contributed by atoms with van der Waals surface area (Å²) in [6.07, 6.45) is 1.72. The quantitative estimate of drug-likeness (QED) is 0.296. The van der Waals surface area contributed by atoms with E-state index in [0.717, 1.165) is 18.6 Å². The third-order valence-corrected chi connectivity index (χ3v) is 5.06. The molecule has 18 heavy (non-hydrogen) atoms. The van der Waals surface area contributed by atoms with Crippen molar-refractivity contribution in [3.63, 3.8) is 0 Å². The molecule has 1 unspecified atom stereocenters. The van der Waals surface area contributed by atoms with E-state index in [2.05, 4.69) is 31.2 Å². The first-order valence-corrected chi connectivity index (χ1v) is 8.67. The number of aryl methyl sites for hydroxylation is 1. The SMILES string of the molecule is Cc1ccc(SSCCCCS(=O)[O-])cc1.O.[Na+]. The molecular formula is C11H17NaO3S3. The van der Waals surface area contributed by atoms with Gasteiger partial charge in [-0.2, -0.15) is 0 Å². The molecule has 1 atom stereocenters. The maximum Gasteiger partial charge on any atom is 1.00 e. The Morgan fingerprint density at radius 3 is 2.39 bits per heavy atom. The Hall–Kier alpha value is 0.990. The van der Waals surface area contributed by atoms with E-state index < -0.39 is 11.1 Å². The van der Waals surface area contributed by atoms with Crippen LogP contribution in [0.25, 0.3) is 0 Å². The average Bonchev–Trinajstić information content (AvgIpc) is 2.25. The summed E-state index contributed by atoms with van der Waals surface area (Å²) in [5.74, 6) is 1.28. The number of hydrogen-bond acceptors (Lipinski definition) is 4. The molecule has 0 bridgehead atoms. The molecule has 0 saturated heterocycles. The van der Waals surface area contributed by atoms with Crippen LogP contribution in [-0.2, 0) is 11.1 Å². The maximum atomic E-state index is 10.3. The number of rotatable bonds is 7. The molecule has 1 rings (SSSR count). The maximum absolute atomic E-state index is 10.3. The second-order valence-electron chi connectivity index (χ2n) is 3.43. The van der Waals surface area contributed by atoms with Crippen molar-refractivity contribution < 1.29 is 43.8 Å². The van der Waals surface area contributed by atoms with Gasteiger partial charge in [0.2, 0.25) is 0 Å². The molecule has 98 valence electrons. The smallest absolute Gasteiger partial charge is 0.772 e. The van der Waals surface area contributed by atoms with Crippen molar-refractivity contribution in [1.29, 1.82) is 0 Å². The topological polar surface area (TPSA) is 71.6 Å². The first kappa shape index (κ1) is 21.3. The summed E-state index contributed by atoms with van der Waals surface area (Å²) in [4.78, 5) is 1.25. The van der Waals surface area contributed by atoms with Gasteiger partial charge in [-0.3, -0.25) is 4.21 Å². The molecule has 3 nitrogen and oxygen atoms in total. The summed E-state index contributed by atoms with van der Waals surface area (Å²) in [6, 6.07) is 8.42. The van der Waals surface area contributed by atoms with E-state index in [4.69, 9.17) is 0 Å². The molecule has 0 saturated carbocycles. The van der Waals surface area contributed by atoms with Crippen molar-refractivity contribution >= 4 is 32.7 Å². The first-order valence-electron chi connectivity index (χ1n) is 5.10. The molecule has 1 aromatic rings. The monoisotopic (exact) mass is 316 g/mol. The summed E-state index contributed by atoms with van der Waals surface area (Å²) in [5, 5.41) is 0. The number of unbranched alkanes of at least 4 members (excludes halogenated alkanes) is 1. The molecule has 1 aromatic carbocycles. The van der Waals surface area contributed by atoms with Crippen molar-refractivity contribution in [3.05, 3.63) is 29.8 Å². The molecule has 0 aromatic heterocycles.